The van der Waals surface area contributed by atoms with Crippen LogP contribution in [0.4, 0.5) is 0 Å². The third-order valence-corrected chi connectivity index (χ3v) is 2.27. The molecule has 1 amide bonds. The second-order valence-electron chi connectivity index (χ2n) is 3.46. The number of carbonyl (C=O) groups excluding carboxylic acids is 1. The maximum Gasteiger partial charge on any atom is 0.217 e. The first kappa shape index (κ1) is 12.3. The fourth-order valence-corrected chi connectivity index (χ4v) is 1.49. The molecule has 1 aliphatic rings. The molecule has 0 aromatic rings. The van der Waals surface area contributed by atoms with E-state index in [9.17, 15) is 20.1 Å². The van der Waals surface area contributed by atoms with Crippen LogP contribution >= 0.6 is 0 Å². The van der Waals surface area contributed by atoms with Crippen molar-refractivity contribution < 1.29 is 30.0 Å². The van der Waals surface area contributed by atoms with Crippen molar-refractivity contribution in [2.45, 2.75) is 37.6 Å². The average Bonchev–Trinajstić information content (AvgIpc) is 2.18. The van der Waals surface area contributed by atoms with Gasteiger partial charge in [0.2, 0.25) is 5.91 Å². The van der Waals surface area contributed by atoms with E-state index < -0.39 is 43.2 Å². The largest absolute Gasteiger partial charge is 0.394 e. The topological polar surface area (TPSA) is 119 Å². The smallest absolute Gasteiger partial charge is 0.217 e. The number of hydrogen-bond donors (Lipinski definition) is 5. The normalized spacial score (nSPS) is 41.3. The number of amides is 1. The SMILES string of the molecule is [13CH3]C(=O)N[C@H]1C(O)O[C@H](CO)[C@@H](O)[C@@H]1O. The first-order valence-electron chi connectivity index (χ1n) is 4.55. The molecule has 1 aliphatic heterocycles. The van der Waals surface area contributed by atoms with E-state index in [0.29, 0.717) is 0 Å². The van der Waals surface area contributed by atoms with Crippen LogP contribution in [0.1, 0.15) is 6.92 Å². The molecule has 5 atom stereocenters. The van der Waals surface area contributed by atoms with Gasteiger partial charge in [0.1, 0.15) is 24.4 Å². The molecule has 15 heavy (non-hydrogen) atoms. The number of carbonyl (C=O) groups is 1. The summed E-state index contributed by atoms with van der Waals surface area (Å²) in [6, 6.07) is -1.10. The van der Waals surface area contributed by atoms with Gasteiger partial charge in [-0.2, -0.15) is 0 Å². The number of rotatable bonds is 2. The maximum absolute atomic E-state index is 10.7. The number of aliphatic hydroxyl groups is 4. The highest BCUT2D eigenvalue weighted by molar-refractivity contribution is 5.73. The first-order valence-corrected chi connectivity index (χ1v) is 4.55. The van der Waals surface area contributed by atoms with Gasteiger partial charge in [0.05, 0.1) is 6.61 Å². The van der Waals surface area contributed by atoms with Crippen LogP contribution in [0.3, 0.4) is 0 Å². The molecule has 1 unspecified atom stereocenters. The van der Waals surface area contributed by atoms with Crippen LogP contribution in [0.25, 0.3) is 0 Å². The number of nitrogens with one attached hydrogen (secondary N) is 1. The van der Waals surface area contributed by atoms with Crippen molar-refractivity contribution in [2.24, 2.45) is 0 Å². The summed E-state index contributed by atoms with van der Waals surface area (Å²) in [6.45, 7) is 0.687. The molecule has 0 aromatic carbocycles. The third-order valence-electron chi connectivity index (χ3n) is 2.27. The van der Waals surface area contributed by atoms with E-state index in [0.717, 1.165) is 0 Å². The molecule has 1 heterocycles. The highest BCUT2D eigenvalue weighted by Gasteiger charge is 2.43. The summed E-state index contributed by atoms with van der Waals surface area (Å²) in [7, 11) is 0. The Hall–Kier alpha value is -0.730. The summed E-state index contributed by atoms with van der Waals surface area (Å²) in [4.78, 5) is 10.7. The molecule has 1 fully saturated rings. The van der Waals surface area contributed by atoms with E-state index in [-0.39, 0.29) is 0 Å². The van der Waals surface area contributed by atoms with Gasteiger partial charge >= 0.3 is 0 Å². The summed E-state index contributed by atoms with van der Waals surface area (Å²) in [5.41, 5.74) is 0. The van der Waals surface area contributed by atoms with Crippen LogP contribution in [0.15, 0.2) is 0 Å². The summed E-state index contributed by atoms with van der Waals surface area (Å²) in [5, 5.41) is 39.4. The molecule has 1 saturated heterocycles. The summed E-state index contributed by atoms with van der Waals surface area (Å²) in [6.07, 6.45) is -5.24. The van der Waals surface area contributed by atoms with E-state index in [1.165, 1.54) is 6.92 Å². The highest BCUT2D eigenvalue weighted by atomic mass is 16.6. The highest BCUT2D eigenvalue weighted by Crippen LogP contribution is 2.19. The van der Waals surface area contributed by atoms with Crippen LogP contribution in [-0.2, 0) is 9.53 Å². The fourth-order valence-electron chi connectivity index (χ4n) is 1.49. The van der Waals surface area contributed by atoms with Gasteiger partial charge in [0, 0.05) is 6.92 Å². The van der Waals surface area contributed by atoms with E-state index >= 15 is 0 Å². The van der Waals surface area contributed by atoms with Crippen molar-refractivity contribution in [1.82, 2.24) is 5.32 Å². The molecular formula is C8H15NO6. The third kappa shape index (κ3) is 2.64. The summed E-state index contributed by atoms with van der Waals surface area (Å²) >= 11 is 0. The van der Waals surface area contributed by atoms with Crippen molar-refractivity contribution in [3.8, 4) is 0 Å². The van der Waals surface area contributed by atoms with Crippen molar-refractivity contribution in [2.75, 3.05) is 6.61 Å². The zero-order valence-electron chi connectivity index (χ0n) is 8.20. The molecule has 0 radical (unpaired) electrons. The van der Waals surface area contributed by atoms with Crippen LogP contribution in [0.5, 0.6) is 0 Å². The minimum atomic E-state index is -1.45. The zero-order valence-corrected chi connectivity index (χ0v) is 8.20. The van der Waals surface area contributed by atoms with Crippen LogP contribution < -0.4 is 5.32 Å². The van der Waals surface area contributed by atoms with Gasteiger partial charge in [0.25, 0.3) is 0 Å². The Kier molecular flexibility index (Phi) is 4.00. The number of hydrogen-bond acceptors (Lipinski definition) is 6. The van der Waals surface area contributed by atoms with Gasteiger partial charge in [-0.1, -0.05) is 0 Å². The van der Waals surface area contributed by atoms with Gasteiger partial charge in [-0.3, -0.25) is 4.79 Å². The van der Waals surface area contributed by atoms with Crippen LogP contribution in [0.2, 0.25) is 0 Å². The lowest BCUT2D eigenvalue weighted by molar-refractivity contribution is -0.253. The summed E-state index contributed by atoms with van der Waals surface area (Å²) in [5.74, 6) is -0.462. The Morgan fingerprint density at radius 2 is 1.93 bits per heavy atom. The minimum absolute atomic E-state index is 0.462. The van der Waals surface area contributed by atoms with E-state index in [1.807, 2.05) is 0 Å². The molecule has 5 N–H and O–H groups in total. The molecule has 0 bridgehead atoms. The molecule has 0 spiro atoms. The van der Waals surface area contributed by atoms with Gasteiger partial charge in [-0.15, -0.1) is 0 Å². The average molecular weight is 222 g/mol. The first-order chi connectivity index (χ1) is 6.97. The summed E-state index contributed by atoms with van der Waals surface area (Å²) < 4.78 is 4.81. The predicted molar refractivity (Wildman–Crippen MR) is 47.6 cm³/mol. The predicted octanol–water partition coefficient (Wildman–Crippen LogP) is -3.08. The second kappa shape index (κ2) is 4.86. The lowest BCUT2D eigenvalue weighted by atomic mass is 9.97. The Morgan fingerprint density at radius 1 is 1.33 bits per heavy atom. The fraction of sp³-hybridized carbons (Fsp3) is 0.875. The molecule has 7 heteroatoms. The van der Waals surface area contributed by atoms with E-state index in [2.05, 4.69) is 5.32 Å². The van der Waals surface area contributed by atoms with Crippen molar-refractivity contribution in [3.05, 3.63) is 0 Å². The Labute approximate surface area is 86.3 Å². The molecule has 88 valence electrons. The van der Waals surface area contributed by atoms with Crippen LogP contribution in [-0.4, -0.2) is 63.6 Å². The van der Waals surface area contributed by atoms with Gasteiger partial charge in [0.15, 0.2) is 6.29 Å². The number of ether oxygens (including phenoxy) is 1. The lowest BCUT2D eigenvalue weighted by Crippen LogP contribution is -2.63. The number of aliphatic hydroxyl groups excluding tert-OH is 4. The van der Waals surface area contributed by atoms with Gasteiger partial charge < -0.3 is 30.5 Å². The molecule has 0 aromatic heterocycles. The monoisotopic (exact) mass is 222 g/mol. The quantitative estimate of drug-likeness (QED) is 0.316. The molecule has 7 nitrogen and oxygen atoms in total. The second-order valence-corrected chi connectivity index (χ2v) is 3.46. The Balaban J connectivity index is 2.70. The van der Waals surface area contributed by atoms with Crippen molar-refractivity contribution >= 4 is 5.91 Å². The molecule has 1 rings (SSSR count). The Bertz CT molecular complexity index is 235. The molecular weight excluding hydrogens is 207 g/mol. The lowest BCUT2D eigenvalue weighted by Gasteiger charge is -2.40. The molecule has 0 saturated carbocycles. The van der Waals surface area contributed by atoms with E-state index in [4.69, 9.17) is 9.84 Å². The van der Waals surface area contributed by atoms with Crippen LogP contribution in [0, 0.1) is 0 Å². The van der Waals surface area contributed by atoms with Crippen molar-refractivity contribution in [3.63, 3.8) is 0 Å². The minimum Gasteiger partial charge on any atom is -0.394 e. The van der Waals surface area contributed by atoms with Crippen molar-refractivity contribution in [1.29, 1.82) is 0 Å². The molecule has 0 aliphatic carbocycles. The van der Waals surface area contributed by atoms with Gasteiger partial charge in [-0.25, -0.2) is 0 Å². The maximum atomic E-state index is 10.7. The van der Waals surface area contributed by atoms with E-state index in [1.54, 1.807) is 0 Å². The zero-order chi connectivity index (χ0) is 11.6. The van der Waals surface area contributed by atoms with Gasteiger partial charge in [-0.05, 0) is 0 Å². The Morgan fingerprint density at radius 3 is 2.40 bits per heavy atom. The standard InChI is InChI=1S/C8H15NO6/c1-3(11)9-5-7(13)6(12)4(2-10)15-8(5)14/h4-8,10,12-14H,2H2,1H3,(H,9,11)/t4-,5-,6-,7-,8?/m1/s1/i1+1.